The maximum atomic E-state index is 13.6. The van der Waals surface area contributed by atoms with E-state index in [0.717, 1.165) is 44.2 Å². The SMILES string of the molecule is COCc1cc2cc(n1)NCCCCc1cccc(c1)C[C@@H]([C@H](O)CNC1(c3cccc(C(C)C)c3)CC1)NC2=O. The van der Waals surface area contributed by atoms with Gasteiger partial charge in [-0.25, -0.2) is 4.98 Å². The quantitative estimate of drug-likeness (QED) is 0.309. The van der Waals surface area contributed by atoms with Crippen molar-refractivity contribution in [2.24, 2.45) is 0 Å². The Kier molecular flexibility index (Phi) is 9.38. The number of fused-ring (bicyclic) bond motifs is 4. The number of hydrogen-bond donors (Lipinski definition) is 4. The lowest BCUT2D eigenvalue weighted by molar-refractivity contribution is 0.0821. The van der Waals surface area contributed by atoms with Crippen LogP contribution in [-0.2, 0) is 29.7 Å². The van der Waals surface area contributed by atoms with E-state index in [1.807, 2.05) is 0 Å². The van der Waals surface area contributed by atoms with Crippen LogP contribution in [0.15, 0.2) is 60.7 Å². The number of aromatic nitrogens is 1. The Balaban J connectivity index is 1.38. The van der Waals surface area contributed by atoms with Crippen molar-refractivity contribution in [2.75, 3.05) is 25.5 Å². The number of amides is 1. The summed E-state index contributed by atoms with van der Waals surface area (Å²) in [6, 6.07) is 20.4. The topological polar surface area (TPSA) is 95.5 Å². The number of carbonyl (C=O) groups is 1. The normalized spacial score (nSPS) is 19.4. The lowest BCUT2D eigenvalue weighted by Crippen LogP contribution is -2.50. The first-order chi connectivity index (χ1) is 19.8. The number of pyridine rings is 1. The van der Waals surface area contributed by atoms with Crippen LogP contribution in [0.1, 0.15) is 83.8 Å². The van der Waals surface area contributed by atoms with E-state index in [1.54, 1.807) is 19.2 Å². The van der Waals surface area contributed by atoms with Crippen molar-refractivity contribution >= 4 is 11.7 Å². The number of aliphatic hydroxyl groups is 1. The molecule has 2 aromatic carbocycles. The smallest absolute Gasteiger partial charge is 0.251 e. The summed E-state index contributed by atoms with van der Waals surface area (Å²) in [4.78, 5) is 18.2. The summed E-state index contributed by atoms with van der Waals surface area (Å²) in [5.41, 5.74) is 6.07. The molecule has 218 valence electrons. The van der Waals surface area contributed by atoms with E-state index in [2.05, 4.69) is 83.3 Å². The predicted octanol–water partition coefficient (Wildman–Crippen LogP) is 5.08. The van der Waals surface area contributed by atoms with Crippen LogP contribution in [0.2, 0.25) is 0 Å². The average Bonchev–Trinajstić information content (AvgIpc) is 3.76. The number of methoxy groups -OCH3 is 1. The van der Waals surface area contributed by atoms with Gasteiger partial charge in [-0.15, -0.1) is 0 Å². The molecule has 2 aliphatic rings. The van der Waals surface area contributed by atoms with E-state index >= 15 is 0 Å². The number of aryl methyl sites for hydroxylation is 1. The summed E-state index contributed by atoms with van der Waals surface area (Å²) < 4.78 is 5.31. The highest BCUT2D eigenvalue weighted by Crippen LogP contribution is 2.46. The van der Waals surface area contributed by atoms with E-state index in [-0.39, 0.29) is 11.4 Å². The van der Waals surface area contributed by atoms with Crippen LogP contribution >= 0.6 is 0 Å². The van der Waals surface area contributed by atoms with Gasteiger partial charge in [0.1, 0.15) is 5.82 Å². The Bertz CT molecular complexity index is 1340. The summed E-state index contributed by atoms with van der Waals surface area (Å²) in [6.07, 6.45) is 4.87. The Morgan fingerprint density at radius 3 is 2.66 bits per heavy atom. The zero-order chi connectivity index (χ0) is 28.8. The van der Waals surface area contributed by atoms with E-state index < -0.39 is 12.1 Å². The summed E-state index contributed by atoms with van der Waals surface area (Å²) >= 11 is 0. The molecule has 1 fully saturated rings. The molecule has 1 amide bonds. The molecule has 4 N–H and O–H groups in total. The van der Waals surface area contributed by atoms with Gasteiger partial charge in [-0.05, 0) is 78.8 Å². The second-order valence-corrected chi connectivity index (χ2v) is 12.0. The van der Waals surface area contributed by atoms with Gasteiger partial charge in [-0.2, -0.15) is 0 Å². The molecule has 2 heterocycles. The summed E-state index contributed by atoms with van der Waals surface area (Å²) in [7, 11) is 1.62. The standard InChI is InChI=1S/C34H44N4O3/c1-23(2)26-11-7-12-28(18-26)34(13-14-34)36-21-31(39)30-17-25-10-6-9-24(16-25)8-4-5-15-35-32-20-27(33(40)38-30)19-29(37-32)22-41-3/h6-7,9-12,16,18-20,23,30-31,36,39H,4-5,8,13-15,17,21-22H2,1-3H3,(H,35,37)(H,38,40)/t30-,31+/m0/s1. The van der Waals surface area contributed by atoms with Gasteiger partial charge in [0, 0.05) is 31.3 Å². The molecule has 1 aliphatic heterocycles. The first-order valence-electron chi connectivity index (χ1n) is 15.0. The maximum Gasteiger partial charge on any atom is 0.251 e. The third-order valence-corrected chi connectivity index (χ3v) is 8.36. The molecule has 0 spiro atoms. The van der Waals surface area contributed by atoms with Gasteiger partial charge in [0.15, 0.2) is 0 Å². The second kappa shape index (κ2) is 13.1. The maximum absolute atomic E-state index is 13.6. The molecular formula is C34H44N4O3. The molecule has 0 radical (unpaired) electrons. The van der Waals surface area contributed by atoms with Gasteiger partial charge in [-0.1, -0.05) is 62.4 Å². The second-order valence-electron chi connectivity index (χ2n) is 12.0. The Labute approximate surface area is 244 Å². The molecule has 3 aromatic rings. The number of carbonyl (C=O) groups excluding carboxylic acids is 1. The number of aliphatic hydroxyl groups excluding tert-OH is 1. The first-order valence-corrected chi connectivity index (χ1v) is 15.0. The number of nitrogens with zero attached hydrogens (tertiary/aromatic N) is 1. The molecular weight excluding hydrogens is 512 g/mol. The molecule has 5 rings (SSSR count). The molecule has 1 aromatic heterocycles. The lowest BCUT2D eigenvalue weighted by atomic mass is 9.95. The highest BCUT2D eigenvalue weighted by Gasteiger charge is 2.44. The number of nitrogens with one attached hydrogen (secondary N) is 3. The fourth-order valence-electron chi connectivity index (χ4n) is 5.73. The summed E-state index contributed by atoms with van der Waals surface area (Å²) in [5, 5.41) is 21.8. The molecule has 0 unspecified atom stereocenters. The number of rotatable bonds is 8. The molecule has 7 heteroatoms. The fraction of sp³-hybridized carbons (Fsp3) is 0.471. The van der Waals surface area contributed by atoms with Crippen LogP contribution in [0.5, 0.6) is 0 Å². The third kappa shape index (κ3) is 7.53. The Hall–Kier alpha value is -3.26. The first kappa shape index (κ1) is 29.2. The van der Waals surface area contributed by atoms with Gasteiger partial charge in [0.2, 0.25) is 0 Å². The van der Waals surface area contributed by atoms with E-state index in [1.165, 1.54) is 16.7 Å². The number of anilines is 1. The van der Waals surface area contributed by atoms with Crippen molar-refractivity contribution in [2.45, 2.75) is 82.6 Å². The molecule has 7 nitrogen and oxygen atoms in total. The van der Waals surface area contributed by atoms with Crippen LogP contribution in [0, 0.1) is 0 Å². The molecule has 4 bridgehead atoms. The molecule has 1 aliphatic carbocycles. The zero-order valence-electron chi connectivity index (χ0n) is 24.6. The third-order valence-electron chi connectivity index (χ3n) is 8.36. The molecule has 0 saturated heterocycles. The van der Waals surface area contributed by atoms with Crippen LogP contribution < -0.4 is 16.0 Å². The summed E-state index contributed by atoms with van der Waals surface area (Å²) in [5.74, 6) is 0.900. The highest BCUT2D eigenvalue weighted by molar-refractivity contribution is 5.95. The van der Waals surface area contributed by atoms with E-state index in [9.17, 15) is 9.90 Å². The van der Waals surface area contributed by atoms with Crippen molar-refractivity contribution in [1.29, 1.82) is 0 Å². The Morgan fingerprint density at radius 2 is 1.88 bits per heavy atom. The minimum Gasteiger partial charge on any atom is -0.390 e. The predicted molar refractivity (Wildman–Crippen MR) is 163 cm³/mol. The summed E-state index contributed by atoms with van der Waals surface area (Å²) in [6.45, 7) is 5.90. The average molecular weight is 557 g/mol. The minimum absolute atomic E-state index is 0.115. The van der Waals surface area contributed by atoms with Gasteiger partial charge < -0.3 is 25.8 Å². The van der Waals surface area contributed by atoms with Crippen molar-refractivity contribution in [1.82, 2.24) is 15.6 Å². The monoisotopic (exact) mass is 556 g/mol. The highest BCUT2D eigenvalue weighted by atomic mass is 16.5. The number of benzene rings is 2. The molecule has 1 saturated carbocycles. The van der Waals surface area contributed by atoms with Crippen LogP contribution in [0.3, 0.4) is 0 Å². The minimum atomic E-state index is -0.776. The zero-order valence-corrected chi connectivity index (χ0v) is 24.6. The van der Waals surface area contributed by atoms with Crippen molar-refractivity contribution < 1.29 is 14.6 Å². The van der Waals surface area contributed by atoms with Crippen molar-refractivity contribution in [3.8, 4) is 0 Å². The van der Waals surface area contributed by atoms with Gasteiger partial charge in [0.25, 0.3) is 5.91 Å². The largest absolute Gasteiger partial charge is 0.390 e. The lowest BCUT2D eigenvalue weighted by Gasteiger charge is -2.28. The Morgan fingerprint density at radius 1 is 1.07 bits per heavy atom. The van der Waals surface area contributed by atoms with Gasteiger partial charge in [-0.3, -0.25) is 4.79 Å². The van der Waals surface area contributed by atoms with Crippen LogP contribution in [0.4, 0.5) is 5.82 Å². The van der Waals surface area contributed by atoms with Crippen molar-refractivity contribution in [3.05, 3.63) is 94.2 Å². The van der Waals surface area contributed by atoms with Crippen LogP contribution in [0.25, 0.3) is 0 Å². The van der Waals surface area contributed by atoms with Gasteiger partial charge >= 0.3 is 0 Å². The van der Waals surface area contributed by atoms with Crippen LogP contribution in [-0.4, -0.2) is 48.3 Å². The fourth-order valence-corrected chi connectivity index (χ4v) is 5.73. The van der Waals surface area contributed by atoms with E-state index in [0.29, 0.717) is 42.6 Å². The number of ether oxygens (including phenoxy) is 1. The molecule has 41 heavy (non-hydrogen) atoms. The van der Waals surface area contributed by atoms with Crippen molar-refractivity contribution in [3.63, 3.8) is 0 Å². The van der Waals surface area contributed by atoms with E-state index in [4.69, 9.17) is 4.74 Å². The van der Waals surface area contributed by atoms with Gasteiger partial charge in [0.05, 0.1) is 24.4 Å². The number of hydrogen-bond acceptors (Lipinski definition) is 6. The molecule has 2 atom stereocenters.